The summed E-state index contributed by atoms with van der Waals surface area (Å²) < 4.78 is 13.8. The minimum absolute atomic E-state index is 0.257. The zero-order valence-corrected chi connectivity index (χ0v) is 12.3. The van der Waals surface area contributed by atoms with Crippen molar-refractivity contribution in [3.63, 3.8) is 0 Å². The van der Waals surface area contributed by atoms with Crippen molar-refractivity contribution in [3.05, 3.63) is 71.0 Å². The maximum Gasteiger partial charge on any atom is 0.126 e. The first-order chi connectivity index (χ1) is 10.1. The quantitative estimate of drug-likeness (QED) is 0.873. The van der Waals surface area contributed by atoms with E-state index in [1.165, 1.54) is 30.9 Å². The normalized spacial score (nSPS) is 18.0. The van der Waals surface area contributed by atoms with Crippen LogP contribution < -0.4 is 0 Å². The molecule has 0 heterocycles. The SMILES string of the molecule is CC(O)(Cc1ccccc1F)c1cccc(C2CCC2)c1. The van der Waals surface area contributed by atoms with Gasteiger partial charge in [-0.2, -0.15) is 0 Å². The van der Waals surface area contributed by atoms with Crippen LogP contribution in [0.25, 0.3) is 0 Å². The molecule has 1 saturated carbocycles. The second kappa shape index (κ2) is 5.61. The number of aliphatic hydroxyl groups is 1. The van der Waals surface area contributed by atoms with Gasteiger partial charge in [-0.25, -0.2) is 4.39 Å². The van der Waals surface area contributed by atoms with Gasteiger partial charge in [0.15, 0.2) is 0 Å². The summed E-state index contributed by atoms with van der Waals surface area (Å²) in [5.41, 5.74) is 1.67. The fourth-order valence-corrected chi connectivity index (χ4v) is 2.98. The van der Waals surface area contributed by atoms with Gasteiger partial charge in [-0.05, 0) is 48.4 Å². The van der Waals surface area contributed by atoms with E-state index in [1.54, 1.807) is 25.1 Å². The maximum atomic E-state index is 13.8. The van der Waals surface area contributed by atoms with Crippen molar-refractivity contribution >= 4 is 0 Å². The zero-order chi connectivity index (χ0) is 14.9. The van der Waals surface area contributed by atoms with Crippen LogP contribution in [-0.4, -0.2) is 5.11 Å². The predicted octanol–water partition coefficient (Wildman–Crippen LogP) is 4.54. The Labute approximate surface area is 125 Å². The number of benzene rings is 2. The number of hydrogen-bond donors (Lipinski definition) is 1. The first-order valence-electron chi connectivity index (χ1n) is 7.62. The van der Waals surface area contributed by atoms with Crippen molar-refractivity contribution < 1.29 is 9.50 Å². The minimum atomic E-state index is -1.05. The first kappa shape index (κ1) is 14.3. The number of rotatable bonds is 4. The van der Waals surface area contributed by atoms with Crippen LogP contribution in [0.4, 0.5) is 4.39 Å². The van der Waals surface area contributed by atoms with E-state index in [0.29, 0.717) is 11.5 Å². The molecule has 0 bridgehead atoms. The Morgan fingerprint density at radius 1 is 1.14 bits per heavy atom. The zero-order valence-electron chi connectivity index (χ0n) is 12.3. The largest absolute Gasteiger partial charge is 0.385 e. The molecule has 0 radical (unpaired) electrons. The molecule has 2 aromatic carbocycles. The minimum Gasteiger partial charge on any atom is -0.385 e. The molecule has 0 aromatic heterocycles. The summed E-state index contributed by atoms with van der Waals surface area (Å²) in [5, 5.41) is 10.8. The molecule has 0 spiro atoms. The molecule has 0 amide bonds. The molecule has 1 unspecified atom stereocenters. The lowest BCUT2D eigenvalue weighted by molar-refractivity contribution is 0.0565. The van der Waals surface area contributed by atoms with Gasteiger partial charge in [0.25, 0.3) is 0 Å². The summed E-state index contributed by atoms with van der Waals surface area (Å²) in [4.78, 5) is 0. The Bertz CT molecular complexity index is 629. The second-order valence-electron chi connectivity index (χ2n) is 6.30. The standard InChI is InChI=1S/C19H21FO/c1-19(21,13-16-6-2-3-11-18(16)20)17-10-5-9-15(12-17)14-7-4-8-14/h2-3,5-6,9-12,14,21H,4,7-8,13H2,1H3. The highest BCUT2D eigenvalue weighted by Crippen LogP contribution is 2.38. The van der Waals surface area contributed by atoms with Gasteiger partial charge in [-0.15, -0.1) is 0 Å². The molecular weight excluding hydrogens is 263 g/mol. The molecule has 3 rings (SSSR count). The Morgan fingerprint density at radius 3 is 2.57 bits per heavy atom. The third-order valence-corrected chi connectivity index (χ3v) is 4.58. The predicted molar refractivity (Wildman–Crippen MR) is 82.7 cm³/mol. The number of hydrogen-bond acceptors (Lipinski definition) is 1. The van der Waals surface area contributed by atoms with E-state index < -0.39 is 5.60 Å². The molecule has 110 valence electrons. The van der Waals surface area contributed by atoms with Gasteiger partial charge in [-0.1, -0.05) is 48.9 Å². The van der Waals surface area contributed by atoms with E-state index in [0.717, 1.165) is 5.56 Å². The molecule has 1 fully saturated rings. The van der Waals surface area contributed by atoms with Crippen molar-refractivity contribution in [2.45, 2.75) is 44.1 Å². The molecule has 1 N–H and O–H groups in total. The highest BCUT2D eigenvalue weighted by Gasteiger charge is 2.27. The molecule has 1 aliphatic carbocycles. The van der Waals surface area contributed by atoms with Crippen molar-refractivity contribution in [1.82, 2.24) is 0 Å². The van der Waals surface area contributed by atoms with Crippen molar-refractivity contribution in [2.24, 2.45) is 0 Å². The summed E-state index contributed by atoms with van der Waals surface area (Å²) in [6.45, 7) is 1.76. The summed E-state index contributed by atoms with van der Waals surface area (Å²) in [6.07, 6.45) is 4.05. The summed E-state index contributed by atoms with van der Waals surface area (Å²) in [7, 11) is 0. The van der Waals surface area contributed by atoms with Crippen molar-refractivity contribution in [1.29, 1.82) is 0 Å². The lowest BCUT2D eigenvalue weighted by Crippen LogP contribution is -2.25. The lowest BCUT2D eigenvalue weighted by atomic mass is 9.78. The molecule has 1 aliphatic rings. The van der Waals surface area contributed by atoms with Crippen LogP contribution in [0, 0.1) is 5.82 Å². The topological polar surface area (TPSA) is 20.2 Å². The smallest absolute Gasteiger partial charge is 0.126 e. The van der Waals surface area contributed by atoms with E-state index in [4.69, 9.17) is 0 Å². The molecule has 0 saturated heterocycles. The summed E-state index contributed by atoms with van der Waals surface area (Å²) in [6, 6.07) is 14.8. The maximum absolute atomic E-state index is 13.8. The highest BCUT2D eigenvalue weighted by atomic mass is 19.1. The molecule has 1 atom stereocenters. The third kappa shape index (κ3) is 3.01. The fraction of sp³-hybridized carbons (Fsp3) is 0.368. The fourth-order valence-electron chi connectivity index (χ4n) is 2.98. The van der Waals surface area contributed by atoms with Crippen molar-refractivity contribution in [3.8, 4) is 0 Å². The monoisotopic (exact) mass is 284 g/mol. The average molecular weight is 284 g/mol. The Kier molecular flexibility index (Phi) is 3.81. The van der Waals surface area contributed by atoms with E-state index in [2.05, 4.69) is 12.1 Å². The van der Waals surface area contributed by atoms with E-state index in [1.807, 2.05) is 12.1 Å². The van der Waals surface area contributed by atoms with Gasteiger partial charge in [-0.3, -0.25) is 0 Å². The summed E-state index contributed by atoms with van der Waals surface area (Å²) in [5.74, 6) is 0.377. The van der Waals surface area contributed by atoms with E-state index >= 15 is 0 Å². The van der Waals surface area contributed by atoms with Crippen LogP contribution in [-0.2, 0) is 12.0 Å². The molecule has 2 aromatic rings. The van der Waals surface area contributed by atoms with Gasteiger partial charge in [0, 0.05) is 6.42 Å². The van der Waals surface area contributed by atoms with E-state index in [9.17, 15) is 9.50 Å². The van der Waals surface area contributed by atoms with Gasteiger partial charge >= 0.3 is 0 Å². The van der Waals surface area contributed by atoms with Crippen LogP contribution in [0.3, 0.4) is 0 Å². The lowest BCUT2D eigenvalue weighted by Gasteiger charge is -2.29. The second-order valence-corrected chi connectivity index (χ2v) is 6.30. The first-order valence-corrected chi connectivity index (χ1v) is 7.62. The van der Waals surface area contributed by atoms with Gasteiger partial charge in [0.1, 0.15) is 5.82 Å². The average Bonchev–Trinajstić information content (AvgIpc) is 2.40. The van der Waals surface area contributed by atoms with Crippen LogP contribution in [0.2, 0.25) is 0 Å². The van der Waals surface area contributed by atoms with Crippen molar-refractivity contribution in [2.75, 3.05) is 0 Å². The third-order valence-electron chi connectivity index (χ3n) is 4.58. The van der Waals surface area contributed by atoms with Crippen LogP contribution in [0.5, 0.6) is 0 Å². The highest BCUT2D eigenvalue weighted by molar-refractivity contribution is 5.33. The molecule has 2 heteroatoms. The molecule has 1 nitrogen and oxygen atoms in total. The van der Waals surface area contributed by atoms with Crippen LogP contribution in [0.15, 0.2) is 48.5 Å². The molecular formula is C19H21FO. The number of halogens is 1. The van der Waals surface area contributed by atoms with Gasteiger partial charge in [0.2, 0.25) is 0 Å². The Hall–Kier alpha value is -1.67. The van der Waals surface area contributed by atoms with Gasteiger partial charge in [0.05, 0.1) is 5.60 Å². The Morgan fingerprint density at radius 2 is 1.90 bits per heavy atom. The molecule has 21 heavy (non-hydrogen) atoms. The molecule has 0 aliphatic heterocycles. The summed E-state index contributed by atoms with van der Waals surface area (Å²) >= 11 is 0. The van der Waals surface area contributed by atoms with Gasteiger partial charge < -0.3 is 5.11 Å². The van der Waals surface area contributed by atoms with Crippen LogP contribution in [0.1, 0.15) is 48.8 Å². The van der Waals surface area contributed by atoms with Crippen LogP contribution >= 0.6 is 0 Å². The Balaban J connectivity index is 1.85. The van der Waals surface area contributed by atoms with E-state index in [-0.39, 0.29) is 12.2 Å².